The van der Waals surface area contributed by atoms with Crippen molar-refractivity contribution in [3.05, 3.63) is 89.7 Å². The molecule has 0 bridgehead atoms. The van der Waals surface area contributed by atoms with Gasteiger partial charge in [0.2, 0.25) is 0 Å². The Morgan fingerprint density at radius 3 is 2.50 bits per heavy atom. The van der Waals surface area contributed by atoms with Crippen molar-refractivity contribution in [3.63, 3.8) is 0 Å². The number of carbonyl (C=O) groups excluding carboxylic acids is 2. The van der Waals surface area contributed by atoms with Gasteiger partial charge >= 0.3 is 0 Å². The summed E-state index contributed by atoms with van der Waals surface area (Å²) in [6.07, 6.45) is 1.46. The molecule has 2 aromatic carbocycles. The second kappa shape index (κ2) is 8.81. The standard InChI is InChI=1S/C22H21N3O3/c1-25(15-16-8-4-3-5-9-16)22(27)17-12-13-23-19(14-17)21(26)24-18-10-6-7-11-20(18)28-2/h3-14H,15H2,1-2H3,(H,24,26). The Morgan fingerprint density at radius 2 is 1.75 bits per heavy atom. The van der Waals surface area contributed by atoms with Gasteiger partial charge in [-0.25, -0.2) is 0 Å². The molecule has 1 aromatic heterocycles. The molecule has 0 aliphatic carbocycles. The lowest BCUT2D eigenvalue weighted by molar-refractivity contribution is 0.0785. The minimum absolute atomic E-state index is 0.157. The summed E-state index contributed by atoms with van der Waals surface area (Å²) < 4.78 is 5.24. The molecule has 0 radical (unpaired) electrons. The lowest BCUT2D eigenvalue weighted by Crippen LogP contribution is -2.26. The summed E-state index contributed by atoms with van der Waals surface area (Å²) in [4.78, 5) is 31.0. The quantitative estimate of drug-likeness (QED) is 0.714. The van der Waals surface area contributed by atoms with Crippen LogP contribution in [0.1, 0.15) is 26.4 Å². The largest absolute Gasteiger partial charge is 0.495 e. The number of rotatable bonds is 6. The van der Waals surface area contributed by atoms with Crippen molar-refractivity contribution in [1.82, 2.24) is 9.88 Å². The zero-order valence-corrected chi connectivity index (χ0v) is 15.8. The van der Waals surface area contributed by atoms with Crippen LogP contribution in [0.5, 0.6) is 5.75 Å². The van der Waals surface area contributed by atoms with Crippen LogP contribution in [0.4, 0.5) is 5.69 Å². The number of amides is 2. The minimum atomic E-state index is -0.412. The van der Waals surface area contributed by atoms with Crippen LogP contribution in [-0.4, -0.2) is 35.9 Å². The van der Waals surface area contributed by atoms with E-state index in [0.29, 0.717) is 23.5 Å². The fraction of sp³-hybridized carbons (Fsp3) is 0.136. The maximum absolute atomic E-state index is 12.7. The van der Waals surface area contributed by atoms with E-state index in [-0.39, 0.29) is 11.6 Å². The molecule has 0 spiro atoms. The number of nitrogens with zero attached hydrogens (tertiary/aromatic N) is 2. The highest BCUT2D eigenvalue weighted by Crippen LogP contribution is 2.23. The Bertz CT molecular complexity index is 974. The number of carbonyl (C=O) groups is 2. The molecule has 0 aliphatic rings. The van der Waals surface area contributed by atoms with Crippen molar-refractivity contribution in [2.45, 2.75) is 6.54 Å². The summed E-state index contributed by atoms with van der Waals surface area (Å²) in [5.41, 5.74) is 2.12. The van der Waals surface area contributed by atoms with Crippen molar-refractivity contribution in [3.8, 4) is 5.75 Å². The van der Waals surface area contributed by atoms with E-state index in [1.165, 1.54) is 19.4 Å². The molecular weight excluding hydrogens is 354 g/mol. The lowest BCUT2D eigenvalue weighted by Gasteiger charge is -2.17. The number of pyridine rings is 1. The summed E-state index contributed by atoms with van der Waals surface area (Å²) in [5.74, 6) is -0.0480. The molecule has 6 heteroatoms. The molecule has 3 aromatic rings. The Labute approximate surface area is 163 Å². The number of anilines is 1. The third kappa shape index (κ3) is 4.54. The molecule has 1 N–H and O–H groups in total. The van der Waals surface area contributed by atoms with Crippen LogP contribution in [0, 0.1) is 0 Å². The van der Waals surface area contributed by atoms with Gasteiger partial charge in [-0.3, -0.25) is 14.6 Å². The first-order valence-electron chi connectivity index (χ1n) is 8.78. The monoisotopic (exact) mass is 375 g/mol. The number of hydrogen-bond acceptors (Lipinski definition) is 4. The summed E-state index contributed by atoms with van der Waals surface area (Å²) in [7, 11) is 3.26. The van der Waals surface area contributed by atoms with Gasteiger partial charge < -0.3 is 15.0 Å². The second-order valence-corrected chi connectivity index (χ2v) is 6.23. The van der Waals surface area contributed by atoms with Gasteiger partial charge in [-0.05, 0) is 29.8 Å². The zero-order valence-electron chi connectivity index (χ0n) is 15.8. The molecule has 142 valence electrons. The van der Waals surface area contributed by atoms with Crippen molar-refractivity contribution >= 4 is 17.5 Å². The van der Waals surface area contributed by atoms with Crippen molar-refractivity contribution < 1.29 is 14.3 Å². The molecule has 6 nitrogen and oxygen atoms in total. The predicted molar refractivity (Wildman–Crippen MR) is 107 cm³/mol. The van der Waals surface area contributed by atoms with E-state index >= 15 is 0 Å². The van der Waals surface area contributed by atoms with Crippen molar-refractivity contribution in [2.75, 3.05) is 19.5 Å². The molecule has 0 unspecified atom stereocenters. The highest BCUT2D eigenvalue weighted by molar-refractivity contribution is 6.05. The predicted octanol–water partition coefficient (Wildman–Crippen LogP) is 3.61. The second-order valence-electron chi connectivity index (χ2n) is 6.23. The fourth-order valence-corrected chi connectivity index (χ4v) is 2.77. The van der Waals surface area contributed by atoms with Gasteiger partial charge in [0, 0.05) is 25.4 Å². The Balaban J connectivity index is 1.74. The lowest BCUT2D eigenvalue weighted by atomic mass is 10.1. The number of methoxy groups -OCH3 is 1. The van der Waals surface area contributed by atoms with E-state index in [9.17, 15) is 9.59 Å². The first-order chi connectivity index (χ1) is 13.6. The highest BCUT2D eigenvalue weighted by atomic mass is 16.5. The summed E-state index contributed by atoms with van der Waals surface area (Å²) in [6.45, 7) is 0.477. The van der Waals surface area contributed by atoms with Crippen LogP contribution in [-0.2, 0) is 6.54 Å². The Morgan fingerprint density at radius 1 is 1.04 bits per heavy atom. The Hall–Kier alpha value is -3.67. The average Bonchev–Trinajstić information content (AvgIpc) is 2.74. The van der Waals surface area contributed by atoms with Gasteiger partial charge in [-0.1, -0.05) is 42.5 Å². The molecule has 0 saturated carbocycles. The molecule has 0 atom stereocenters. The summed E-state index contributed by atoms with van der Waals surface area (Å²) in [5, 5.41) is 2.76. The van der Waals surface area contributed by atoms with Crippen LogP contribution in [0.3, 0.4) is 0 Å². The van der Waals surface area contributed by atoms with Gasteiger partial charge in [0.25, 0.3) is 11.8 Å². The number of hydrogen-bond donors (Lipinski definition) is 1. The molecule has 3 rings (SSSR count). The summed E-state index contributed by atoms with van der Waals surface area (Å²) >= 11 is 0. The maximum atomic E-state index is 12.7. The van der Waals surface area contributed by atoms with Gasteiger partial charge in [0.15, 0.2) is 0 Å². The van der Waals surface area contributed by atoms with Gasteiger partial charge in [0.1, 0.15) is 11.4 Å². The minimum Gasteiger partial charge on any atom is -0.495 e. The molecule has 0 saturated heterocycles. The van der Waals surface area contributed by atoms with Crippen LogP contribution in [0.15, 0.2) is 72.9 Å². The first kappa shape index (κ1) is 19.1. The number of ether oxygens (including phenoxy) is 1. The van der Waals surface area contributed by atoms with E-state index in [4.69, 9.17) is 4.74 Å². The fourth-order valence-electron chi connectivity index (χ4n) is 2.77. The Kier molecular flexibility index (Phi) is 6.01. The van der Waals surface area contributed by atoms with Gasteiger partial charge in [-0.2, -0.15) is 0 Å². The van der Waals surface area contributed by atoms with Crippen molar-refractivity contribution in [2.24, 2.45) is 0 Å². The number of nitrogens with one attached hydrogen (secondary N) is 1. The number of aromatic nitrogens is 1. The molecule has 2 amide bonds. The number of para-hydroxylation sites is 2. The van der Waals surface area contributed by atoms with Crippen molar-refractivity contribution in [1.29, 1.82) is 0 Å². The normalized spacial score (nSPS) is 10.2. The van der Waals surface area contributed by atoms with Gasteiger partial charge in [0.05, 0.1) is 12.8 Å². The molecular formula is C22H21N3O3. The van der Waals surface area contributed by atoms with Gasteiger partial charge in [-0.15, -0.1) is 0 Å². The van der Waals surface area contributed by atoms with E-state index < -0.39 is 5.91 Å². The molecule has 0 aliphatic heterocycles. The topological polar surface area (TPSA) is 71.5 Å². The molecule has 28 heavy (non-hydrogen) atoms. The van der Waals surface area contributed by atoms with Crippen LogP contribution in [0.25, 0.3) is 0 Å². The third-order valence-electron chi connectivity index (χ3n) is 4.20. The van der Waals surface area contributed by atoms with E-state index in [1.54, 1.807) is 36.2 Å². The van der Waals surface area contributed by atoms with E-state index in [1.807, 2.05) is 36.4 Å². The molecule has 0 fully saturated rings. The molecule has 1 heterocycles. The van der Waals surface area contributed by atoms with Crippen LogP contribution in [0.2, 0.25) is 0 Å². The SMILES string of the molecule is COc1ccccc1NC(=O)c1cc(C(=O)N(C)Cc2ccccc2)ccn1. The smallest absolute Gasteiger partial charge is 0.274 e. The first-order valence-corrected chi connectivity index (χ1v) is 8.78. The zero-order chi connectivity index (χ0) is 19.9. The number of benzene rings is 2. The van der Waals surface area contributed by atoms with E-state index in [0.717, 1.165) is 5.56 Å². The highest BCUT2D eigenvalue weighted by Gasteiger charge is 2.16. The van der Waals surface area contributed by atoms with Crippen LogP contribution < -0.4 is 10.1 Å². The van der Waals surface area contributed by atoms with E-state index in [2.05, 4.69) is 10.3 Å². The maximum Gasteiger partial charge on any atom is 0.274 e. The third-order valence-corrected chi connectivity index (χ3v) is 4.20. The average molecular weight is 375 g/mol. The summed E-state index contributed by atoms with van der Waals surface area (Å²) in [6, 6.07) is 19.9. The van der Waals surface area contributed by atoms with Crippen LogP contribution >= 0.6 is 0 Å².